The van der Waals surface area contributed by atoms with E-state index in [2.05, 4.69) is 27.5 Å². The molecule has 2 N–H and O–H groups in total. The number of benzene rings is 1. The minimum atomic E-state index is -0.291. The number of aromatic nitrogens is 2. The van der Waals surface area contributed by atoms with Crippen LogP contribution in [0.4, 0.5) is 11.6 Å². The van der Waals surface area contributed by atoms with Crippen LogP contribution in [-0.2, 0) is 0 Å². The van der Waals surface area contributed by atoms with E-state index < -0.39 is 0 Å². The van der Waals surface area contributed by atoms with Crippen molar-refractivity contribution in [1.82, 2.24) is 9.97 Å². The summed E-state index contributed by atoms with van der Waals surface area (Å²) in [7, 11) is 0. The average Bonchev–Trinajstić information content (AvgIpc) is 2.61. The molecule has 0 radical (unpaired) electrons. The average molecular weight is 328 g/mol. The number of hydrogen-bond acceptors (Lipinski definition) is 5. The maximum absolute atomic E-state index is 12.4. The summed E-state index contributed by atoms with van der Waals surface area (Å²) in [6.07, 6.45) is 4.95. The van der Waals surface area contributed by atoms with Gasteiger partial charge in [0.25, 0.3) is 5.91 Å². The van der Waals surface area contributed by atoms with Crippen molar-refractivity contribution in [2.45, 2.75) is 33.1 Å². The molecule has 1 aromatic heterocycles. The summed E-state index contributed by atoms with van der Waals surface area (Å²) < 4.78 is 5.51. The third-order valence-electron chi connectivity index (χ3n) is 3.39. The van der Waals surface area contributed by atoms with E-state index in [1.807, 2.05) is 25.1 Å². The second kappa shape index (κ2) is 9.50. The van der Waals surface area contributed by atoms with Crippen molar-refractivity contribution in [2.75, 3.05) is 23.8 Å². The maximum Gasteiger partial charge on any atom is 0.274 e. The smallest absolute Gasteiger partial charge is 0.274 e. The molecule has 0 atom stereocenters. The molecule has 2 aromatic rings. The van der Waals surface area contributed by atoms with Crippen LogP contribution >= 0.6 is 0 Å². The summed E-state index contributed by atoms with van der Waals surface area (Å²) in [6.45, 7) is 5.39. The number of ether oxygens (including phenoxy) is 1. The molecule has 0 unspecified atom stereocenters. The van der Waals surface area contributed by atoms with E-state index in [4.69, 9.17) is 4.74 Å². The summed E-state index contributed by atoms with van der Waals surface area (Å²) >= 11 is 0. The van der Waals surface area contributed by atoms with E-state index in [1.54, 1.807) is 18.3 Å². The minimum absolute atomic E-state index is 0.291. The number of carbonyl (C=O) groups excluding carboxylic acids is 1. The predicted octanol–water partition coefficient (Wildman–Crippen LogP) is 3.73. The lowest BCUT2D eigenvalue weighted by molar-refractivity contribution is 0.102. The zero-order chi connectivity index (χ0) is 17.2. The van der Waals surface area contributed by atoms with E-state index in [9.17, 15) is 4.79 Å². The van der Waals surface area contributed by atoms with Gasteiger partial charge in [0.05, 0.1) is 12.3 Å². The van der Waals surface area contributed by atoms with Crippen molar-refractivity contribution in [3.05, 3.63) is 42.2 Å². The van der Waals surface area contributed by atoms with Gasteiger partial charge in [-0.2, -0.15) is 0 Å². The number of amides is 1. The Labute approximate surface area is 142 Å². The predicted molar refractivity (Wildman–Crippen MR) is 95.6 cm³/mol. The fourth-order valence-corrected chi connectivity index (χ4v) is 2.18. The number of unbranched alkanes of at least 4 members (excludes halogenated alkanes) is 2. The van der Waals surface area contributed by atoms with Crippen molar-refractivity contribution in [1.29, 1.82) is 0 Å². The first kappa shape index (κ1) is 17.7. The molecule has 0 fully saturated rings. The molecule has 0 spiro atoms. The number of para-hydroxylation sites is 2. The normalized spacial score (nSPS) is 10.2. The van der Waals surface area contributed by atoms with E-state index in [-0.39, 0.29) is 5.91 Å². The van der Waals surface area contributed by atoms with Gasteiger partial charge in [-0.3, -0.25) is 4.79 Å². The van der Waals surface area contributed by atoms with Gasteiger partial charge in [-0.25, -0.2) is 9.97 Å². The molecule has 0 aliphatic rings. The third kappa shape index (κ3) is 5.22. The SMILES string of the molecule is CCCCCNc1nccc(C(=O)Nc2ccccc2OCC)n1. The summed E-state index contributed by atoms with van der Waals surface area (Å²) in [6, 6.07) is 8.92. The first-order valence-electron chi connectivity index (χ1n) is 8.34. The Morgan fingerprint density at radius 3 is 2.79 bits per heavy atom. The molecule has 0 saturated heterocycles. The van der Waals surface area contributed by atoms with Gasteiger partial charge in [-0.15, -0.1) is 0 Å². The van der Waals surface area contributed by atoms with E-state index in [0.29, 0.717) is 29.7 Å². The Kier molecular flexibility index (Phi) is 7.01. The summed E-state index contributed by atoms with van der Waals surface area (Å²) in [4.78, 5) is 20.8. The molecule has 24 heavy (non-hydrogen) atoms. The lowest BCUT2D eigenvalue weighted by Crippen LogP contribution is -2.16. The van der Waals surface area contributed by atoms with Gasteiger partial charge in [0.2, 0.25) is 5.95 Å². The highest BCUT2D eigenvalue weighted by molar-refractivity contribution is 6.03. The van der Waals surface area contributed by atoms with Crippen LogP contribution in [0, 0.1) is 0 Å². The van der Waals surface area contributed by atoms with Crippen LogP contribution in [0.2, 0.25) is 0 Å². The Balaban J connectivity index is 2.02. The van der Waals surface area contributed by atoms with Gasteiger partial charge in [-0.1, -0.05) is 31.9 Å². The summed E-state index contributed by atoms with van der Waals surface area (Å²) in [5.41, 5.74) is 0.940. The van der Waals surface area contributed by atoms with Crippen LogP contribution in [-0.4, -0.2) is 29.0 Å². The fraction of sp³-hybridized carbons (Fsp3) is 0.389. The van der Waals surface area contributed by atoms with Gasteiger partial charge in [0, 0.05) is 12.7 Å². The van der Waals surface area contributed by atoms with E-state index >= 15 is 0 Å². The zero-order valence-corrected chi connectivity index (χ0v) is 14.2. The fourth-order valence-electron chi connectivity index (χ4n) is 2.18. The van der Waals surface area contributed by atoms with Crippen molar-refractivity contribution < 1.29 is 9.53 Å². The molecule has 6 nitrogen and oxygen atoms in total. The second-order valence-corrected chi connectivity index (χ2v) is 5.28. The van der Waals surface area contributed by atoms with Crippen LogP contribution in [0.5, 0.6) is 5.75 Å². The zero-order valence-electron chi connectivity index (χ0n) is 14.2. The second-order valence-electron chi connectivity index (χ2n) is 5.28. The van der Waals surface area contributed by atoms with E-state index in [1.165, 1.54) is 0 Å². The topological polar surface area (TPSA) is 76.1 Å². The number of carbonyl (C=O) groups is 1. The highest BCUT2D eigenvalue weighted by atomic mass is 16.5. The third-order valence-corrected chi connectivity index (χ3v) is 3.39. The van der Waals surface area contributed by atoms with E-state index in [0.717, 1.165) is 25.8 Å². The van der Waals surface area contributed by atoms with Crippen molar-refractivity contribution in [3.63, 3.8) is 0 Å². The lowest BCUT2D eigenvalue weighted by Gasteiger charge is -2.11. The highest BCUT2D eigenvalue weighted by Gasteiger charge is 2.11. The number of anilines is 2. The molecule has 1 amide bonds. The monoisotopic (exact) mass is 328 g/mol. The van der Waals surface area contributed by atoms with Crippen LogP contribution in [0.1, 0.15) is 43.6 Å². The number of rotatable bonds is 9. The Hall–Kier alpha value is -2.63. The molecule has 0 aliphatic carbocycles. The number of hydrogen-bond donors (Lipinski definition) is 2. The minimum Gasteiger partial charge on any atom is -0.492 e. The van der Waals surface area contributed by atoms with Gasteiger partial charge in [-0.05, 0) is 31.5 Å². The molecule has 0 aliphatic heterocycles. The molecule has 1 aromatic carbocycles. The van der Waals surface area contributed by atoms with Gasteiger partial charge in [0.1, 0.15) is 11.4 Å². The molecule has 2 rings (SSSR count). The molecule has 0 saturated carbocycles. The number of nitrogens with zero attached hydrogens (tertiary/aromatic N) is 2. The van der Waals surface area contributed by atoms with Crippen molar-refractivity contribution in [3.8, 4) is 5.75 Å². The highest BCUT2D eigenvalue weighted by Crippen LogP contribution is 2.24. The largest absolute Gasteiger partial charge is 0.492 e. The lowest BCUT2D eigenvalue weighted by atomic mass is 10.2. The Bertz CT molecular complexity index is 661. The van der Waals surface area contributed by atoms with Gasteiger partial charge >= 0.3 is 0 Å². The van der Waals surface area contributed by atoms with Gasteiger partial charge < -0.3 is 15.4 Å². The summed E-state index contributed by atoms with van der Waals surface area (Å²) in [5.74, 6) is 0.818. The van der Waals surface area contributed by atoms with Crippen LogP contribution in [0.25, 0.3) is 0 Å². The summed E-state index contributed by atoms with van der Waals surface area (Å²) in [5, 5.41) is 5.98. The van der Waals surface area contributed by atoms with Crippen LogP contribution < -0.4 is 15.4 Å². The Morgan fingerprint density at radius 1 is 1.17 bits per heavy atom. The first-order valence-corrected chi connectivity index (χ1v) is 8.34. The van der Waals surface area contributed by atoms with Crippen molar-refractivity contribution >= 4 is 17.5 Å². The van der Waals surface area contributed by atoms with Gasteiger partial charge in [0.15, 0.2) is 0 Å². The van der Waals surface area contributed by atoms with Crippen molar-refractivity contribution in [2.24, 2.45) is 0 Å². The molecular formula is C18H24N4O2. The van der Waals surface area contributed by atoms with Crippen LogP contribution in [0.15, 0.2) is 36.5 Å². The standard InChI is InChI=1S/C18H24N4O2/c1-3-5-8-12-19-18-20-13-11-15(22-18)17(23)21-14-9-6-7-10-16(14)24-4-2/h6-7,9-11,13H,3-5,8,12H2,1-2H3,(H,21,23)(H,19,20,22). The first-order chi connectivity index (χ1) is 11.7. The molecule has 128 valence electrons. The molecule has 1 heterocycles. The molecule has 0 bridgehead atoms. The molecule has 6 heteroatoms. The maximum atomic E-state index is 12.4. The van der Waals surface area contributed by atoms with Crippen LogP contribution in [0.3, 0.4) is 0 Å². The molecular weight excluding hydrogens is 304 g/mol. The quantitative estimate of drug-likeness (QED) is 0.686. The Morgan fingerprint density at radius 2 is 2.00 bits per heavy atom. The number of nitrogens with one attached hydrogen (secondary N) is 2.